The van der Waals surface area contributed by atoms with Gasteiger partial charge in [-0.15, -0.1) is 0 Å². The molecule has 0 bridgehead atoms. The number of benzene rings is 9. The van der Waals surface area contributed by atoms with Crippen LogP contribution >= 0.6 is 0 Å². The molecule has 0 radical (unpaired) electrons. The van der Waals surface area contributed by atoms with Crippen molar-refractivity contribution in [1.82, 2.24) is 0 Å². The largest absolute Gasteiger partial charge is 0.0622 e. The fraction of sp³-hybridized carbons (Fsp3) is 0. The Labute approximate surface area is 268 Å². The second kappa shape index (κ2) is 10.9. The maximum Gasteiger partial charge on any atom is -0.00141 e. The van der Waals surface area contributed by atoms with E-state index in [2.05, 4.69) is 182 Å². The van der Waals surface area contributed by atoms with Crippen LogP contribution < -0.4 is 0 Å². The Morgan fingerprint density at radius 3 is 1.46 bits per heavy atom. The molecule has 0 nitrogen and oxygen atoms in total. The third-order valence-corrected chi connectivity index (χ3v) is 9.41. The van der Waals surface area contributed by atoms with Crippen LogP contribution in [0.3, 0.4) is 0 Å². The Balaban J connectivity index is 1.35. The first-order valence-corrected chi connectivity index (χ1v) is 15.9. The van der Waals surface area contributed by atoms with Crippen molar-refractivity contribution in [3.8, 4) is 44.5 Å². The zero-order valence-corrected chi connectivity index (χ0v) is 25.3. The van der Waals surface area contributed by atoms with E-state index in [1.54, 1.807) is 0 Å². The fourth-order valence-electron chi connectivity index (χ4n) is 7.36. The van der Waals surface area contributed by atoms with E-state index < -0.39 is 0 Å². The first kappa shape index (κ1) is 26.4. The standard InChI is InChI=1S/C46H30/c1-3-14-31(15-4-1)44-40-23-9-10-24-41(40)45(32-16-5-2-6-17-32)46-39(26-13-27-42(44)46)36-21-11-20-35(29-36)38-25-12-22-37-28-33-18-7-8-19-34(33)30-43(37)38/h1-30H. The summed E-state index contributed by atoms with van der Waals surface area (Å²) in [6, 6.07) is 66.5. The second-order valence-electron chi connectivity index (χ2n) is 12.1. The van der Waals surface area contributed by atoms with Crippen LogP contribution in [0.4, 0.5) is 0 Å². The number of fused-ring (bicyclic) bond motifs is 4. The zero-order valence-electron chi connectivity index (χ0n) is 25.3. The molecule has 0 saturated heterocycles. The average Bonchev–Trinajstić information content (AvgIpc) is 3.13. The van der Waals surface area contributed by atoms with E-state index in [0.29, 0.717) is 0 Å². The molecule has 0 aliphatic heterocycles. The molecule has 0 fully saturated rings. The molecule has 9 aromatic carbocycles. The van der Waals surface area contributed by atoms with Gasteiger partial charge < -0.3 is 0 Å². The summed E-state index contributed by atoms with van der Waals surface area (Å²) in [5.74, 6) is 0. The van der Waals surface area contributed by atoms with Crippen molar-refractivity contribution in [1.29, 1.82) is 0 Å². The van der Waals surface area contributed by atoms with E-state index >= 15 is 0 Å². The highest BCUT2D eigenvalue weighted by molar-refractivity contribution is 6.24. The highest BCUT2D eigenvalue weighted by Gasteiger charge is 2.19. The van der Waals surface area contributed by atoms with Gasteiger partial charge in [-0.05, 0) is 106 Å². The molecule has 0 N–H and O–H groups in total. The summed E-state index contributed by atoms with van der Waals surface area (Å²) in [5, 5.41) is 10.2. The van der Waals surface area contributed by atoms with Crippen LogP contribution in [0, 0.1) is 0 Å². The SMILES string of the molecule is c1ccc(-c2c3ccccc3c(-c3ccccc3)c3c(-c4cccc(-c5cccc6cc7ccccc7cc56)c4)cccc23)cc1. The summed E-state index contributed by atoms with van der Waals surface area (Å²) in [6.45, 7) is 0. The normalized spacial score (nSPS) is 11.5. The van der Waals surface area contributed by atoms with Crippen LogP contribution in [0.25, 0.3) is 87.6 Å². The minimum absolute atomic E-state index is 1.22. The molecule has 9 aromatic rings. The predicted octanol–water partition coefficient (Wildman–Crippen LogP) is 13.0. The van der Waals surface area contributed by atoms with Crippen LogP contribution in [-0.4, -0.2) is 0 Å². The van der Waals surface area contributed by atoms with Gasteiger partial charge in [0.25, 0.3) is 0 Å². The lowest BCUT2D eigenvalue weighted by atomic mass is 9.83. The number of rotatable bonds is 4. The van der Waals surface area contributed by atoms with E-state index in [9.17, 15) is 0 Å². The van der Waals surface area contributed by atoms with Crippen molar-refractivity contribution in [3.63, 3.8) is 0 Å². The summed E-state index contributed by atoms with van der Waals surface area (Å²) < 4.78 is 0. The van der Waals surface area contributed by atoms with Gasteiger partial charge in [0.2, 0.25) is 0 Å². The van der Waals surface area contributed by atoms with E-state index in [1.165, 1.54) is 87.6 Å². The Morgan fingerprint density at radius 1 is 0.239 bits per heavy atom. The van der Waals surface area contributed by atoms with Gasteiger partial charge in [-0.1, -0.05) is 164 Å². The Bertz CT molecular complexity index is 2560. The van der Waals surface area contributed by atoms with Gasteiger partial charge in [0.05, 0.1) is 0 Å². The van der Waals surface area contributed by atoms with Gasteiger partial charge in [-0.25, -0.2) is 0 Å². The first-order chi connectivity index (χ1) is 22.8. The maximum absolute atomic E-state index is 2.38. The average molecular weight is 583 g/mol. The van der Waals surface area contributed by atoms with Crippen molar-refractivity contribution in [2.24, 2.45) is 0 Å². The highest BCUT2D eigenvalue weighted by atomic mass is 14.2. The van der Waals surface area contributed by atoms with Crippen molar-refractivity contribution in [2.75, 3.05) is 0 Å². The van der Waals surface area contributed by atoms with Gasteiger partial charge in [0.15, 0.2) is 0 Å². The third-order valence-electron chi connectivity index (χ3n) is 9.41. The molecule has 0 saturated carbocycles. The number of hydrogen-bond acceptors (Lipinski definition) is 0. The second-order valence-corrected chi connectivity index (χ2v) is 12.1. The molecular weight excluding hydrogens is 553 g/mol. The zero-order chi connectivity index (χ0) is 30.5. The van der Waals surface area contributed by atoms with Gasteiger partial charge in [-0.2, -0.15) is 0 Å². The molecule has 214 valence electrons. The van der Waals surface area contributed by atoms with Gasteiger partial charge in [0.1, 0.15) is 0 Å². The molecule has 46 heavy (non-hydrogen) atoms. The van der Waals surface area contributed by atoms with E-state index in [0.717, 1.165) is 0 Å². The molecule has 0 heteroatoms. The smallest absolute Gasteiger partial charge is 0.00141 e. The Morgan fingerprint density at radius 2 is 0.717 bits per heavy atom. The molecule has 0 atom stereocenters. The van der Waals surface area contributed by atoms with Gasteiger partial charge >= 0.3 is 0 Å². The van der Waals surface area contributed by atoms with Crippen molar-refractivity contribution in [2.45, 2.75) is 0 Å². The summed E-state index contributed by atoms with van der Waals surface area (Å²) in [4.78, 5) is 0. The molecule has 0 spiro atoms. The molecule has 0 unspecified atom stereocenters. The Hall–Kier alpha value is -5.98. The van der Waals surface area contributed by atoms with Crippen LogP contribution in [0.1, 0.15) is 0 Å². The fourth-order valence-corrected chi connectivity index (χ4v) is 7.36. The quantitative estimate of drug-likeness (QED) is 0.181. The van der Waals surface area contributed by atoms with Crippen LogP contribution in [-0.2, 0) is 0 Å². The summed E-state index contributed by atoms with van der Waals surface area (Å²) >= 11 is 0. The van der Waals surface area contributed by atoms with Crippen molar-refractivity contribution in [3.05, 3.63) is 182 Å². The van der Waals surface area contributed by atoms with E-state index in [4.69, 9.17) is 0 Å². The third kappa shape index (κ3) is 4.30. The highest BCUT2D eigenvalue weighted by Crippen LogP contribution is 2.47. The van der Waals surface area contributed by atoms with Crippen LogP contribution in [0.5, 0.6) is 0 Å². The molecule has 0 aromatic heterocycles. The van der Waals surface area contributed by atoms with Crippen molar-refractivity contribution < 1.29 is 0 Å². The monoisotopic (exact) mass is 582 g/mol. The predicted molar refractivity (Wildman–Crippen MR) is 198 cm³/mol. The molecule has 0 amide bonds. The maximum atomic E-state index is 2.38. The lowest BCUT2D eigenvalue weighted by molar-refractivity contribution is 1.62. The van der Waals surface area contributed by atoms with Crippen LogP contribution in [0.15, 0.2) is 182 Å². The minimum atomic E-state index is 1.22. The molecular formula is C46H30. The first-order valence-electron chi connectivity index (χ1n) is 15.9. The Kier molecular flexibility index (Phi) is 6.25. The summed E-state index contributed by atoms with van der Waals surface area (Å²) in [7, 11) is 0. The molecule has 0 aliphatic rings. The number of hydrogen-bond donors (Lipinski definition) is 0. The minimum Gasteiger partial charge on any atom is -0.0622 e. The topological polar surface area (TPSA) is 0 Å². The van der Waals surface area contributed by atoms with E-state index in [1.807, 2.05) is 0 Å². The molecule has 9 rings (SSSR count). The lowest BCUT2D eigenvalue weighted by Gasteiger charge is -2.20. The molecule has 0 aliphatic carbocycles. The lowest BCUT2D eigenvalue weighted by Crippen LogP contribution is -1.93. The van der Waals surface area contributed by atoms with Crippen molar-refractivity contribution >= 4 is 43.1 Å². The van der Waals surface area contributed by atoms with Gasteiger partial charge in [-0.3, -0.25) is 0 Å². The van der Waals surface area contributed by atoms with E-state index in [-0.39, 0.29) is 0 Å². The van der Waals surface area contributed by atoms with Crippen LogP contribution in [0.2, 0.25) is 0 Å². The van der Waals surface area contributed by atoms with Gasteiger partial charge in [0, 0.05) is 0 Å². The summed E-state index contributed by atoms with van der Waals surface area (Å²) in [6.07, 6.45) is 0. The molecule has 0 heterocycles. The summed E-state index contributed by atoms with van der Waals surface area (Å²) in [5.41, 5.74) is 9.96.